The molecule has 0 aliphatic carbocycles. The van der Waals surface area contributed by atoms with E-state index in [0.717, 1.165) is 5.75 Å². The third-order valence-corrected chi connectivity index (χ3v) is 5.87. The lowest BCUT2D eigenvalue weighted by Gasteiger charge is -2.16. The van der Waals surface area contributed by atoms with Gasteiger partial charge in [-0.05, 0) is 13.8 Å². The highest BCUT2D eigenvalue weighted by Crippen LogP contribution is 2.35. The van der Waals surface area contributed by atoms with Crippen LogP contribution in [0.1, 0.15) is 13.8 Å². The highest BCUT2D eigenvalue weighted by atomic mass is 32.2. The predicted octanol–water partition coefficient (Wildman–Crippen LogP) is 0.787. The Morgan fingerprint density at radius 3 is 2.50 bits per heavy atom. The average molecular weight is 178 g/mol. The van der Waals surface area contributed by atoms with E-state index in [-0.39, 0.29) is 5.78 Å². The first kappa shape index (κ1) is 8.27. The lowest BCUT2D eigenvalue weighted by atomic mass is 10.3. The van der Waals surface area contributed by atoms with Crippen molar-refractivity contribution in [3.8, 4) is 0 Å². The number of thioether (sulfide) groups is 1. The van der Waals surface area contributed by atoms with Crippen molar-refractivity contribution in [3.63, 3.8) is 0 Å². The summed E-state index contributed by atoms with van der Waals surface area (Å²) in [6.07, 6.45) is 0. The molecule has 0 spiro atoms. The van der Waals surface area contributed by atoms with Gasteiger partial charge >= 0.3 is 0 Å². The maximum atomic E-state index is 11.2. The number of Topliss-reactive ketones (excluding diaryl/α,β-unsaturated/α-hetero) is 1. The summed E-state index contributed by atoms with van der Waals surface area (Å²) in [6.45, 7) is 3.28. The van der Waals surface area contributed by atoms with Gasteiger partial charge in [-0.25, -0.2) is 0 Å². The SMILES string of the molecule is CC(=O)C1(C)SCCS1=O. The van der Waals surface area contributed by atoms with Crippen LogP contribution in [0.2, 0.25) is 0 Å². The van der Waals surface area contributed by atoms with Crippen LogP contribution >= 0.6 is 11.8 Å². The molecule has 0 aromatic heterocycles. The third-order valence-electron chi connectivity index (χ3n) is 1.72. The Balaban J connectivity index is 2.86. The van der Waals surface area contributed by atoms with Gasteiger partial charge in [-0.2, -0.15) is 0 Å². The van der Waals surface area contributed by atoms with Crippen LogP contribution < -0.4 is 0 Å². The van der Waals surface area contributed by atoms with Gasteiger partial charge in [-0.15, -0.1) is 11.8 Å². The Kier molecular flexibility index (Phi) is 2.20. The second-order valence-electron chi connectivity index (χ2n) is 2.40. The zero-order valence-corrected chi connectivity index (χ0v) is 7.68. The second-order valence-corrected chi connectivity index (χ2v) is 6.09. The summed E-state index contributed by atoms with van der Waals surface area (Å²) < 4.78 is 10.6. The van der Waals surface area contributed by atoms with E-state index in [0.29, 0.717) is 5.75 Å². The zero-order chi connectivity index (χ0) is 7.78. The molecule has 1 aliphatic rings. The van der Waals surface area contributed by atoms with Crippen LogP contribution in [0.5, 0.6) is 0 Å². The minimum absolute atomic E-state index is 0.0355. The van der Waals surface area contributed by atoms with E-state index in [1.807, 2.05) is 0 Å². The highest BCUT2D eigenvalue weighted by Gasteiger charge is 2.41. The molecule has 2 unspecified atom stereocenters. The molecule has 1 fully saturated rings. The summed E-state index contributed by atoms with van der Waals surface area (Å²) in [4.78, 5) is 11.0. The van der Waals surface area contributed by atoms with Crippen LogP contribution in [0.4, 0.5) is 0 Å². The van der Waals surface area contributed by atoms with Crippen molar-refractivity contribution in [2.24, 2.45) is 0 Å². The van der Waals surface area contributed by atoms with Gasteiger partial charge in [0.1, 0.15) is 4.08 Å². The van der Waals surface area contributed by atoms with Gasteiger partial charge in [0.05, 0.1) is 0 Å². The smallest absolute Gasteiger partial charge is 0.158 e. The zero-order valence-electron chi connectivity index (χ0n) is 6.05. The molecule has 0 saturated carbocycles. The van der Waals surface area contributed by atoms with E-state index in [4.69, 9.17) is 0 Å². The first-order valence-electron chi connectivity index (χ1n) is 3.11. The van der Waals surface area contributed by atoms with Gasteiger partial charge < -0.3 is 0 Å². The van der Waals surface area contributed by atoms with E-state index in [2.05, 4.69) is 0 Å². The second kappa shape index (κ2) is 2.66. The first-order chi connectivity index (χ1) is 4.57. The predicted molar refractivity (Wildman–Crippen MR) is 44.6 cm³/mol. The molecule has 2 nitrogen and oxygen atoms in total. The van der Waals surface area contributed by atoms with Crippen molar-refractivity contribution in [2.45, 2.75) is 17.9 Å². The van der Waals surface area contributed by atoms with Crippen LogP contribution in [0, 0.1) is 0 Å². The lowest BCUT2D eigenvalue weighted by Crippen LogP contribution is -2.31. The fourth-order valence-electron chi connectivity index (χ4n) is 0.835. The molecule has 1 heterocycles. The molecule has 10 heavy (non-hydrogen) atoms. The summed E-state index contributed by atoms with van der Waals surface area (Å²) >= 11 is 1.51. The van der Waals surface area contributed by atoms with Crippen LogP contribution in [-0.2, 0) is 15.6 Å². The molecule has 0 N–H and O–H groups in total. The van der Waals surface area contributed by atoms with Gasteiger partial charge in [0.2, 0.25) is 0 Å². The average Bonchev–Trinajstić information content (AvgIpc) is 2.15. The van der Waals surface area contributed by atoms with Gasteiger partial charge in [0.25, 0.3) is 0 Å². The van der Waals surface area contributed by atoms with Crippen LogP contribution in [0.15, 0.2) is 0 Å². The lowest BCUT2D eigenvalue weighted by molar-refractivity contribution is -0.117. The Hall–Kier alpha value is 0.170. The van der Waals surface area contributed by atoms with Gasteiger partial charge in [0, 0.05) is 22.3 Å². The molecule has 4 heteroatoms. The van der Waals surface area contributed by atoms with Crippen molar-refractivity contribution in [2.75, 3.05) is 11.5 Å². The van der Waals surface area contributed by atoms with E-state index >= 15 is 0 Å². The number of hydrogen-bond acceptors (Lipinski definition) is 3. The summed E-state index contributed by atoms with van der Waals surface area (Å²) in [5.74, 6) is 1.55. The summed E-state index contributed by atoms with van der Waals surface area (Å²) in [5, 5.41) is 0. The van der Waals surface area contributed by atoms with Crippen molar-refractivity contribution < 1.29 is 9.00 Å². The number of carbonyl (C=O) groups excluding carboxylic acids is 1. The Labute approximate surface area is 67.2 Å². The Morgan fingerprint density at radius 1 is 1.70 bits per heavy atom. The third kappa shape index (κ3) is 1.14. The number of hydrogen-bond donors (Lipinski definition) is 0. The van der Waals surface area contributed by atoms with Gasteiger partial charge in [-0.3, -0.25) is 9.00 Å². The Bertz CT molecular complexity index is 190. The van der Waals surface area contributed by atoms with E-state index in [9.17, 15) is 9.00 Å². The van der Waals surface area contributed by atoms with Crippen molar-refractivity contribution in [1.29, 1.82) is 0 Å². The minimum Gasteiger partial charge on any atom is -0.297 e. The largest absolute Gasteiger partial charge is 0.297 e. The monoisotopic (exact) mass is 178 g/mol. The van der Waals surface area contributed by atoms with Crippen LogP contribution in [-0.4, -0.2) is 25.6 Å². The normalized spacial score (nSPS) is 40.0. The molecule has 0 aromatic carbocycles. The van der Waals surface area contributed by atoms with Crippen molar-refractivity contribution in [3.05, 3.63) is 0 Å². The van der Waals surface area contributed by atoms with Crippen LogP contribution in [0.3, 0.4) is 0 Å². The summed E-state index contributed by atoms with van der Waals surface area (Å²) in [7, 11) is -0.943. The maximum absolute atomic E-state index is 11.2. The molecule has 0 aromatic rings. The highest BCUT2D eigenvalue weighted by molar-refractivity contribution is 8.16. The molecule has 0 radical (unpaired) electrons. The molecule has 58 valence electrons. The molecule has 1 saturated heterocycles. The van der Waals surface area contributed by atoms with E-state index in [1.165, 1.54) is 18.7 Å². The number of ketones is 1. The summed E-state index contributed by atoms with van der Waals surface area (Å²) in [5.41, 5.74) is 0. The standard InChI is InChI=1S/C6H10O2S2/c1-5(7)6(2)9-3-4-10(6)8/h3-4H2,1-2H3. The van der Waals surface area contributed by atoms with Crippen molar-refractivity contribution >= 4 is 28.3 Å². The fraction of sp³-hybridized carbons (Fsp3) is 0.833. The number of rotatable bonds is 1. The quantitative estimate of drug-likeness (QED) is 0.595. The van der Waals surface area contributed by atoms with Crippen LogP contribution in [0.25, 0.3) is 0 Å². The van der Waals surface area contributed by atoms with Crippen molar-refractivity contribution in [1.82, 2.24) is 0 Å². The molecule has 1 aliphatic heterocycles. The molecular weight excluding hydrogens is 168 g/mol. The molecular formula is C6H10O2S2. The van der Waals surface area contributed by atoms with Gasteiger partial charge in [-0.1, -0.05) is 0 Å². The molecule has 2 atom stereocenters. The topological polar surface area (TPSA) is 34.1 Å². The first-order valence-corrected chi connectivity index (χ1v) is 5.41. The molecule has 1 rings (SSSR count). The minimum atomic E-state index is -0.943. The van der Waals surface area contributed by atoms with E-state index < -0.39 is 14.9 Å². The maximum Gasteiger partial charge on any atom is 0.158 e. The molecule has 0 amide bonds. The Morgan fingerprint density at radius 2 is 2.30 bits per heavy atom. The summed E-state index contributed by atoms with van der Waals surface area (Å²) in [6, 6.07) is 0. The van der Waals surface area contributed by atoms with Gasteiger partial charge in [0.15, 0.2) is 5.78 Å². The molecule has 0 bridgehead atoms. The fourth-order valence-corrected chi connectivity index (χ4v) is 4.10. The van der Waals surface area contributed by atoms with E-state index in [1.54, 1.807) is 6.92 Å². The number of carbonyl (C=O) groups is 1.